The first-order valence-electron chi connectivity index (χ1n) is 6.94. The maximum Gasteiger partial charge on any atom is 0.320 e. The molecule has 0 bridgehead atoms. The summed E-state index contributed by atoms with van der Waals surface area (Å²) in [5, 5.41) is 15.0. The van der Waals surface area contributed by atoms with Gasteiger partial charge in [-0.15, -0.1) is 11.3 Å². The van der Waals surface area contributed by atoms with Gasteiger partial charge in [-0.1, -0.05) is 12.1 Å². The molecule has 0 saturated heterocycles. The van der Waals surface area contributed by atoms with E-state index in [1.807, 2.05) is 19.1 Å². The van der Waals surface area contributed by atoms with Crippen molar-refractivity contribution in [3.63, 3.8) is 0 Å². The number of aliphatic hydroxyl groups is 1. The van der Waals surface area contributed by atoms with E-state index in [1.165, 1.54) is 23.5 Å². The number of hydrogen-bond donors (Lipinski definition) is 3. The zero-order valence-electron chi connectivity index (χ0n) is 12.6. The minimum Gasteiger partial charge on any atom is -0.395 e. The van der Waals surface area contributed by atoms with E-state index in [-0.39, 0.29) is 23.2 Å². The van der Waals surface area contributed by atoms with E-state index in [9.17, 15) is 13.2 Å². The Morgan fingerprint density at radius 2 is 1.87 bits per heavy atom. The van der Waals surface area contributed by atoms with Crippen LogP contribution < -0.4 is 10.6 Å². The normalized spacial score (nSPS) is 11.2. The van der Waals surface area contributed by atoms with E-state index in [0.717, 1.165) is 15.4 Å². The van der Waals surface area contributed by atoms with Crippen LogP contribution in [0.15, 0.2) is 41.3 Å². The lowest BCUT2D eigenvalue weighted by Gasteiger charge is -2.07. The van der Waals surface area contributed by atoms with Gasteiger partial charge in [0.25, 0.3) is 0 Å². The molecule has 23 heavy (non-hydrogen) atoms. The number of anilines is 1. The highest BCUT2D eigenvalue weighted by atomic mass is 32.2. The molecular weight excluding hydrogens is 336 g/mol. The summed E-state index contributed by atoms with van der Waals surface area (Å²) >= 11 is 1.49. The van der Waals surface area contributed by atoms with Crippen molar-refractivity contribution in [2.45, 2.75) is 18.4 Å². The van der Waals surface area contributed by atoms with Crippen LogP contribution in [0.25, 0.3) is 0 Å². The van der Waals surface area contributed by atoms with E-state index < -0.39 is 16.4 Å². The Hall–Kier alpha value is -1.90. The average molecular weight is 354 g/mol. The molecule has 124 valence electrons. The molecule has 0 atom stereocenters. The van der Waals surface area contributed by atoms with Crippen molar-refractivity contribution in [3.05, 3.63) is 46.8 Å². The third-order valence-electron chi connectivity index (χ3n) is 3.07. The molecule has 2 amide bonds. The molecule has 0 aliphatic rings. The molecule has 1 heterocycles. The molecule has 1 aromatic heterocycles. The number of thiophene rings is 1. The molecule has 8 heteroatoms. The van der Waals surface area contributed by atoms with Gasteiger partial charge in [-0.2, -0.15) is 0 Å². The van der Waals surface area contributed by atoms with Crippen LogP contribution in [0.1, 0.15) is 10.4 Å². The first-order valence-corrected chi connectivity index (χ1v) is 9.41. The van der Waals surface area contributed by atoms with Crippen LogP contribution in [0.4, 0.5) is 9.80 Å². The van der Waals surface area contributed by atoms with Gasteiger partial charge < -0.3 is 10.4 Å². The maximum absolute atomic E-state index is 11.8. The molecule has 0 unspecified atom stereocenters. The second kappa shape index (κ2) is 7.58. The monoisotopic (exact) mass is 354 g/mol. The number of hydrogen-bond acceptors (Lipinski definition) is 5. The number of carbonyl (C=O) groups is 1. The first kappa shape index (κ1) is 17.5. The van der Waals surface area contributed by atoms with Gasteiger partial charge in [0.15, 0.2) is 9.84 Å². The van der Waals surface area contributed by atoms with Gasteiger partial charge in [0.05, 0.1) is 22.3 Å². The number of amides is 2. The molecule has 0 saturated carbocycles. The largest absolute Gasteiger partial charge is 0.395 e. The molecule has 3 N–H and O–H groups in total. The SMILES string of the molecule is Cc1ccc(NC(=O)NCc2ccc(S(=O)(=O)CCO)cc2)s1. The van der Waals surface area contributed by atoms with Gasteiger partial charge in [-0.3, -0.25) is 5.32 Å². The molecule has 0 radical (unpaired) electrons. The van der Waals surface area contributed by atoms with Crippen LogP contribution in [0.5, 0.6) is 0 Å². The number of aliphatic hydroxyl groups excluding tert-OH is 1. The predicted octanol–water partition coefficient (Wildman–Crippen LogP) is 2.14. The van der Waals surface area contributed by atoms with Crippen LogP contribution in [0.3, 0.4) is 0 Å². The standard InChI is InChI=1S/C15H18N2O4S2/c1-11-2-7-14(22-11)17-15(19)16-10-12-3-5-13(6-4-12)23(20,21)9-8-18/h2-7,18H,8-10H2,1H3,(H2,16,17,19). The fraction of sp³-hybridized carbons (Fsp3) is 0.267. The molecule has 0 fully saturated rings. The Bertz CT molecular complexity index is 767. The second-order valence-corrected chi connectivity index (χ2v) is 8.30. The van der Waals surface area contributed by atoms with E-state index >= 15 is 0 Å². The van der Waals surface area contributed by atoms with Crippen molar-refractivity contribution in [2.75, 3.05) is 17.7 Å². The fourth-order valence-corrected chi connectivity index (χ4v) is 3.68. The Morgan fingerprint density at radius 1 is 1.17 bits per heavy atom. The summed E-state index contributed by atoms with van der Waals surface area (Å²) in [4.78, 5) is 13.0. The first-order chi connectivity index (χ1) is 10.9. The lowest BCUT2D eigenvalue weighted by atomic mass is 10.2. The highest BCUT2D eigenvalue weighted by Gasteiger charge is 2.13. The number of nitrogens with one attached hydrogen (secondary N) is 2. The van der Waals surface area contributed by atoms with Gasteiger partial charge in [0.1, 0.15) is 0 Å². The Kier molecular flexibility index (Phi) is 5.75. The van der Waals surface area contributed by atoms with Crippen LogP contribution in [-0.4, -0.2) is 31.9 Å². The third kappa shape index (κ3) is 5.05. The molecule has 1 aromatic carbocycles. The van der Waals surface area contributed by atoms with Gasteiger partial charge >= 0.3 is 6.03 Å². The van der Waals surface area contributed by atoms with Crippen LogP contribution in [0.2, 0.25) is 0 Å². The predicted molar refractivity (Wildman–Crippen MR) is 90.5 cm³/mol. The average Bonchev–Trinajstić information content (AvgIpc) is 2.90. The number of benzene rings is 1. The molecule has 0 aliphatic carbocycles. The molecule has 6 nitrogen and oxygen atoms in total. The highest BCUT2D eigenvalue weighted by molar-refractivity contribution is 7.91. The zero-order chi connectivity index (χ0) is 16.9. The van der Waals surface area contributed by atoms with Crippen molar-refractivity contribution in [2.24, 2.45) is 0 Å². The summed E-state index contributed by atoms with van der Waals surface area (Å²) in [5.41, 5.74) is 0.783. The number of urea groups is 1. The molecule has 0 aliphatic heterocycles. The molecular formula is C15H18N2O4S2. The number of aryl methyl sites for hydroxylation is 1. The summed E-state index contributed by atoms with van der Waals surface area (Å²) < 4.78 is 23.6. The summed E-state index contributed by atoms with van der Waals surface area (Å²) in [6.07, 6.45) is 0. The third-order valence-corrected chi connectivity index (χ3v) is 5.70. The van der Waals surface area contributed by atoms with Crippen molar-refractivity contribution >= 4 is 32.2 Å². The summed E-state index contributed by atoms with van der Waals surface area (Å²) in [7, 11) is -3.45. The van der Waals surface area contributed by atoms with Gasteiger partial charge in [-0.25, -0.2) is 13.2 Å². The smallest absolute Gasteiger partial charge is 0.320 e. The Labute approximate surface area is 139 Å². The quantitative estimate of drug-likeness (QED) is 0.741. The number of rotatable bonds is 6. The van der Waals surface area contributed by atoms with E-state index in [0.29, 0.717) is 0 Å². The lowest BCUT2D eigenvalue weighted by Crippen LogP contribution is -2.27. The van der Waals surface area contributed by atoms with Crippen molar-refractivity contribution in [1.82, 2.24) is 5.32 Å². The fourth-order valence-electron chi connectivity index (χ4n) is 1.89. The van der Waals surface area contributed by atoms with Gasteiger partial charge in [-0.05, 0) is 36.8 Å². The van der Waals surface area contributed by atoms with Crippen LogP contribution in [0, 0.1) is 6.92 Å². The van der Waals surface area contributed by atoms with Crippen molar-refractivity contribution in [3.8, 4) is 0 Å². The van der Waals surface area contributed by atoms with E-state index in [1.54, 1.807) is 12.1 Å². The van der Waals surface area contributed by atoms with Crippen LogP contribution >= 0.6 is 11.3 Å². The Morgan fingerprint density at radius 3 is 2.43 bits per heavy atom. The second-order valence-electron chi connectivity index (χ2n) is 4.90. The molecule has 2 rings (SSSR count). The molecule has 0 spiro atoms. The van der Waals surface area contributed by atoms with Crippen LogP contribution in [-0.2, 0) is 16.4 Å². The minimum atomic E-state index is -3.45. The minimum absolute atomic E-state index is 0.161. The van der Waals surface area contributed by atoms with Crippen molar-refractivity contribution in [1.29, 1.82) is 0 Å². The topological polar surface area (TPSA) is 95.5 Å². The number of sulfone groups is 1. The van der Waals surface area contributed by atoms with Gasteiger partial charge in [0, 0.05) is 11.4 Å². The lowest BCUT2D eigenvalue weighted by molar-refractivity contribution is 0.252. The summed E-state index contributed by atoms with van der Waals surface area (Å²) in [5.74, 6) is -0.298. The van der Waals surface area contributed by atoms with Gasteiger partial charge in [0.2, 0.25) is 0 Å². The summed E-state index contributed by atoms with van der Waals surface area (Å²) in [6, 6.07) is 9.67. The van der Waals surface area contributed by atoms with E-state index in [2.05, 4.69) is 10.6 Å². The maximum atomic E-state index is 11.8. The number of carbonyl (C=O) groups excluding carboxylic acids is 1. The van der Waals surface area contributed by atoms with E-state index in [4.69, 9.17) is 5.11 Å². The van der Waals surface area contributed by atoms with Crippen molar-refractivity contribution < 1.29 is 18.3 Å². The summed E-state index contributed by atoms with van der Waals surface area (Å²) in [6.45, 7) is 1.84. The Balaban J connectivity index is 1.90. The highest BCUT2D eigenvalue weighted by Crippen LogP contribution is 2.20. The zero-order valence-corrected chi connectivity index (χ0v) is 14.2. The molecule has 2 aromatic rings.